The van der Waals surface area contributed by atoms with E-state index >= 15 is 0 Å². The van der Waals surface area contributed by atoms with Gasteiger partial charge in [0.1, 0.15) is 0 Å². The molecule has 0 aromatic heterocycles. The van der Waals surface area contributed by atoms with Gasteiger partial charge in [-0.3, -0.25) is 0 Å². The fourth-order valence-corrected chi connectivity index (χ4v) is 1.93. The molecule has 0 spiro atoms. The van der Waals surface area contributed by atoms with Crippen LogP contribution in [0.3, 0.4) is 0 Å². The van der Waals surface area contributed by atoms with Crippen LogP contribution in [0.25, 0.3) is 0 Å². The highest BCUT2D eigenvalue weighted by Crippen LogP contribution is 2.18. The third-order valence-corrected chi connectivity index (χ3v) is 2.50. The van der Waals surface area contributed by atoms with E-state index in [-0.39, 0.29) is 12.4 Å². The van der Waals surface area contributed by atoms with Gasteiger partial charge in [-0.1, -0.05) is 0 Å². The van der Waals surface area contributed by atoms with Crippen molar-refractivity contribution in [3.05, 3.63) is 0 Å². The molecular weight excluding hydrogens is 148 g/mol. The molecule has 2 atom stereocenters. The molecule has 2 nitrogen and oxygen atoms in total. The minimum Gasteiger partial charge on any atom is -0.315 e. The monoisotopic (exact) mass is 162 g/mol. The van der Waals surface area contributed by atoms with E-state index in [0.717, 1.165) is 12.0 Å². The van der Waals surface area contributed by atoms with Crippen molar-refractivity contribution in [2.24, 2.45) is 5.92 Å². The first-order chi connectivity index (χ1) is 4.47. The lowest BCUT2D eigenvalue weighted by Crippen LogP contribution is -2.40. The Morgan fingerprint density at radius 2 is 2.10 bits per heavy atom. The average molecular weight is 163 g/mol. The number of halogens is 1. The standard InChI is InChI=1S/C7H14N2.ClH/c1-2-6-4-8-5-7(6)9-3-1;/h6-9H,1-5H2;1H/t6-,7+;/m1./s1. The van der Waals surface area contributed by atoms with Crippen LogP contribution in [0, 0.1) is 5.92 Å². The van der Waals surface area contributed by atoms with Crippen LogP contribution in [-0.2, 0) is 0 Å². The Labute approximate surface area is 68.2 Å². The van der Waals surface area contributed by atoms with Crippen molar-refractivity contribution < 1.29 is 0 Å². The zero-order valence-electron chi connectivity index (χ0n) is 6.10. The molecule has 10 heavy (non-hydrogen) atoms. The summed E-state index contributed by atoms with van der Waals surface area (Å²) < 4.78 is 0. The predicted molar refractivity (Wildman–Crippen MR) is 44.6 cm³/mol. The first kappa shape index (κ1) is 8.31. The van der Waals surface area contributed by atoms with Crippen molar-refractivity contribution in [1.29, 1.82) is 0 Å². The molecule has 2 aliphatic rings. The molecule has 0 aromatic carbocycles. The van der Waals surface area contributed by atoms with Crippen LogP contribution in [-0.4, -0.2) is 25.7 Å². The summed E-state index contributed by atoms with van der Waals surface area (Å²) in [5.41, 5.74) is 0. The van der Waals surface area contributed by atoms with Crippen molar-refractivity contribution in [3.63, 3.8) is 0 Å². The van der Waals surface area contributed by atoms with Crippen LogP contribution in [0.1, 0.15) is 12.8 Å². The molecule has 0 aliphatic carbocycles. The lowest BCUT2D eigenvalue weighted by atomic mass is 9.94. The molecular formula is C7H15ClN2. The van der Waals surface area contributed by atoms with E-state index in [9.17, 15) is 0 Å². The summed E-state index contributed by atoms with van der Waals surface area (Å²) in [6.45, 7) is 3.69. The summed E-state index contributed by atoms with van der Waals surface area (Å²) in [5, 5.41) is 6.92. The van der Waals surface area contributed by atoms with Gasteiger partial charge < -0.3 is 10.6 Å². The molecule has 0 radical (unpaired) electrons. The van der Waals surface area contributed by atoms with E-state index in [2.05, 4.69) is 10.6 Å². The Hall–Kier alpha value is 0.210. The number of hydrogen-bond acceptors (Lipinski definition) is 2. The Kier molecular flexibility index (Phi) is 2.96. The third kappa shape index (κ3) is 1.44. The number of hydrogen-bond donors (Lipinski definition) is 2. The smallest absolute Gasteiger partial charge is 0.0232 e. The molecule has 0 unspecified atom stereocenters. The van der Waals surface area contributed by atoms with Gasteiger partial charge in [-0.25, -0.2) is 0 Å². The summed E-state index contributed by atoms with van der Waals surface area (Å²) in [6, 6.07) is 0.804. The van der Waals surface area contributed by atoms with Crippen molar-refractivity contribution in [2.45, 2.75) is 18.9 Å². The van der Waals surface area contributed by atoms with E-state index in [1.165, 1.54) is 32.5 Å². The topological polar surface area (TPSA) is 24.1 Å². The molecule has 2 fully saturated rings. The highest BCUT2D eigenvalue weighted by molar-refractivity contribution is 5.85. The van der Waals surface area contributed by atoms with Gasteiger partial charge in [-0.2, -0.15) is 0 Å². The fraction of sp³-hybridized carbons (Fsp3) is 1.00. The van der Waals surface area contributed by atoms with Gasteiger partial charge in [0, 0.05) is 12.6 Å². The molecule has 2 heterocycles. The minimum absolute atomic E-state index is 0. The normalized spacial score (nSPS) is 38.4. The fourth-order valence-electron chi connectivity index (χ4n) is 1.93. The molecule has 0 amide bonds. The number of fused-ring (bicyclic) bond motifs is 1. The number of nitrogens with one attached hydrogen (secondary N) is 2. The first-order valence-electron chi connectivity index (χ1n) is 3.91. The number of rotatable bonds is 0. The highest BCUT2D eigenvalue weighted by Gasteiger charge is 2.28. The van der Waals surface area contributed by atoms with Gasteiger partial charge in [0.15, 0.2) is 0 Å². The predicted octanol–water partition coefficient (Wildman–Crippen LogP) is 0.380. The summed E-state index contributed by atoms with van der Waals surface area (Å²) in [5.74, 6) is 0.943. The molecule has 2 aliphatic heterocycles. The molecule has 0 bridgehead atoms. The molecule has 3 heteroatoms. The maximum absolute atomic E-state index is 3.52. The van der Waals surface area contributed by atoms with Crippen LogP contribution in [0.4, 0.5) is 0 Å². The zero-order chi connectivity index (χ0) is 6.10. The van der Waals surface area contributed by atoms with Crippen LogP contribution in [0.2, 0.25) is 0 Å². The molecule has 2 N–H and O–H groups in total. The summed E-state index contributed by atoms with van der Waals surface area (Å²) in [7, 11) is 0. The Balaban J connectivity index is 0.000000500. The summed E-state index contributed by atoms with van der Waals surface area (Å²) >= 11 is 0. The van der Waals surface area contributed by atoms with Crippen molar-refractivity contribution in [3.8, 4) is 0 Å². The second-order valence-corrected chi connectivity index (χ2v) is 3.12. The van der Waals surface area contributed by atoms with Crippen LogP contribution in [0.5, 0.6) is 0 Å². The summed E-state index contributed by atoms with van der Waals surface area (Å²) in [4.78, 5) is 0. The van der Waals surface area contributed by atoms with Gasteiger partial charge in [0.05, 0.1) is 0 Å². The molecule has 0 saturated carbocycles. The maximum atomic E-state index is 3.52. The Bertz CT molecular complexity index is 95.8. The Morgan fingerprint density at radius 3 is 2.90 bits per heavy atom. The van der Waals surface area contributed by atoms with Crippen LogP contribution < -0.4 is 10.6 Å². The van der Waals surface area contributed by atoms with E-state index in [4.69, 9.17) is 0 Å². The van der Waals surface area contributed by atoms with Crippen molar-refractivity contribution in [2.75, 3.05) is 19.6 Å². The third-order valence-electron chi connectivity index (χ3n) is 2.50. The zero-order valence-corrected chi connectivity index (χ0v) is 6.91. The molecule has 0 aromatic rings. The molecule has 2 rings (SSSR count). The van der Waals surface area contributed by atoms with Crippen molar-refractivity contribution in [1.82, 2.24) is 10.6 Å². The van der Waals surface area contributed by atoms with Gasteiger partial charge in [-0.15, -0.1) is 12.4 Å². The van der Waals surface area contributed by atoms with E-state index in [1.807, 2.05) is 0 Å². The van der Waals surface area contributed by atoms with Crippen molar-refractivity contribution >= 4 is 12.4 Å². The maximum Gasteiger partial charge on any atom is 0.0232 e. The second kappa shape index (κ2) is 3.56. The lowest BCUT2D eigenvalue weighted by Gasteiger charge is -2.24. The van der Waals surface area contributed by atoms with Crippen LogP contribution in [0.15, 0.2) is 0 Å². The largest absolute Gasteiger partial charge is 0.315 e. The summed E-state index contributed by atoms with van der Waals surface area (Å²) in [6.07, 6.45) is 2.81. The second-order valence-electron chi connectivity index (χ2n) is 3.12. The quantitative estimate of drug-likeness (QED) is 0.538. The van der Waals surface area contributed by atoms with Gasteiger partial charge in [-0.05, 0) is 31.8 Å². The lowest BCUT2D eigenvalue weighted by molar-refractivity contribution is 0.339. The Morgan fingerprint density at radius 1 is 1.20 bits per heavy atom. The van der Waals surface area contributed by atoms with Gasteiger partial charge in [0.2, 0.25) is 0 Å². The van der Waals surface area contributed by atoms with E-state index in [0.29, 0.717) is 0 Å². The van der Waals surface area contributed by atoms with E-state index < -0.39 is 0 Å². The van der Waals surface area contributed by atoms with E-state index in [1.54, 1.807) is 0 Å². The van der Waals surface area contributed by atoms with Gasteiger partial charge >= 0.3 is 0 Å². The van der Waals surface area contributed by atoms with Crippen LogP contribution >= 0.6 is 12.4 Å². The van der Waals surface area contributed by atoms with Gasteiger partial charge in [0.25, 0.3) is 0 Å². The highest BCUT2D eigenvalue weighted by atomic mass is 35.5. The SMILES string of the molecule is C1CN[C@H]2CNC[C@H]2C1.Cl. The number of piperidine rings is 1. The minimum atomic E-state index is 0. The first-order valence-corrected chi connectivity index (χ1v) is 3.91. The molecule has 60 valence electrons. The molecule has 2 saturated heterocycles. The average Bonchev–Trinajstić information content (AvgIpc) is 2.33.